The summed E-state index contributed by atoms with van der Waals surface area (Å²) >= 11 is 0. The quantitative estimate of drug-likeness (QED) is 0.845. The highest BCUT2D eigenvalue weighted by Gasteiger charge is 2.24. The van der Waals surface area contributed by atoms with E-state index in [4.69, 9.17) is 13.9 Å². The minimum Gasteiger partial charge on any atom is -0.497 e. The number of amides is 1. The highest BCUT2D eigenvalue weighted by molar-refractivity contribution is 5.89. The molecule has 0 unspecified atom stereocenters. The number of hydrogen-bond donors (Lipinski definition) is 0. The summed E-state index contributed by atoms with van der Waals surface area (Å²) in [7, 11) is 1.58. The molecule has 7 nitrogen and oxygen atoms in total. The number of ether oxygens (including phenoxy) is 2. The van der Waals surface area contributed by atoms with Crippen molar-refractivity contribution in [2.45, 2.75) is 0 Å². The Morgan fingerprint density at radius 3 is 2.86 bits per heavy atom. The first-order chi connectivity index (χ1) is 10.3. The number of carbonyl (C=O) groups is 1. The Morgan fingerprint density at radius 1 is 1.29 bits per heavy atom. The van der Waals surface area contributed by atoms with Gasteiger partial charge in [-0.3, -0.25) is 4.79 Å². The maximum absolute atomic E-state index is 12.2. The first kappa shape index (κ1) is 13.6. The van der Waals surface area contributed by atoms with Crippen LogP contribution in [0.1, 0.15) is 10.7 Å². The van der Waals surface area contributed by atoms with E-state index in [1.807, 2.05) is 18.2 Å². The van der Waals surface area contributed by atoms with E-state index in [-0.39, 0.29) is 11.8 Å². The van der Waals surface area contributed by atoms with Crippen LogP contribution < -0.4 is 4.74 Å². The molecular formula is C14H15N3O4. The highest BCUT2D eigenvalue weighted by Crippen LogP contribution is 2.23. The van der Waals surface area contributed by atoms with E-state index in [0.29, 0.717) is 43.5 Å². The van der Waals surface area contributed by atoms with Gasteiger partial charge in [-0.05, 0) is 18.2 Å². The normalized spacial score (nSPS) is 15.0. The molecular weight excluding hydrogens is 274 g/mol. The van der Waals surface area contributed by atoms with Crippen LogP contribution in [-0.4, -0.2) is 54.4 Å². The number of aromatic nitrogens is 2. The largest absolute Gasteiger partial charge is 0.497 e. The second-order valence-corrected chi connectivity index (χ2v) is 4.55. The molecule has 7 heteroatoms. The summed E-state index contributed by atoms with van der Waals surface area (Å²) in [5.41, 5.74) is 0.711. The SMILES string of the molecule is COc1cccc(-c2nnc(C(=O)N3CCOCC3)o2)c1. The first-order valence-corrected chi connectivity index (χ1v) is 6.63. The standard InChI is InChI=1S/C14H15N3O4/c1-19-11-4-2-3-10(9-11)12-15-16-13(21-12)14(18)17-5-7-20-8-6-17/h2-4,9H,5-8H2,1H3. The van der Waals surface area contributed by atoms with Crippen molar-refractivity contribution in [1.29, 1.82) is 0 Å². The lowest BCUT2D eigenvalue weighted by Crippen LogP contribution is -2.40. The van der Waals surface area contributed by atoms with Crippen LogP contribution in [0.4, 0.5) is 0 Å². The molecule has 110 valence electrons. The fourth-order valence-electron chi connectivity index (χ4n) is 2.08. The van der Waals surface area contributed by atoms with Crippen LogP contribution >= 0.6 is 0 Å². The van der Waals surface area contributed by atoms with Crippen LogP contribution in [-0.2, 0) is 4.74 Å². The summed E-state index contributed by atoms with van der Waals surface area (Å²) in [5, 5.41) is 7.76. The molecule has 21 heavy (non-hydrogen) atoms. The van der Waals surface area contributed by atoms with Crippen molar-refractivity contribution in [3.63, 3.8) is 0 Å². The average Bonchev–Trinajstić information content (AvgIpc) is 3.05. The van der Waals surface area contributed by atoms with Gasteiger partial charge in [-0.1, -0.05) is 6.07 Å². The molecule has 1 amide bonds. The van der Waals surface area contributed by atoms with E-state index < -0.39 is 0 Å². The number of morpholine rings is 1. The molecule has 2 heterocycles. The Hall–Kier alpha value is -2.41. The number of benzene rings is 1. The fourth-order valence-corrected chi connectivity index (χ4v) is 2.08. The second-order valence-electron chi connectivity index (χ2n) is 4.55. The minimum atomic E-state index is -0.264. The molecule has 0 saturated carbocycles. The van der Waals surface area contributed by atoms with E-state index in [1.54, 1.807) is 18.1 Å². The predicted molar refractivity (Wildman–Crippen MR) is 73.0 cm³/mol. The van der Waals surface area contributed by atoms with Crippen LogP contribution in [0.2, 0.25) is 0 Å². The van der Waals surface area contributed by atoms with Gasteiger partial charge in [0, 0.05) is 18.7 Å². The molecule has 0 aliphatic carbocycles. The topological polar surface area (TPSA) is 77.7 Å². The third-order valence-corrected chi connectivity index (χ3v) is 3.22. The monoisotopic (exact) mass is 289 g/mol. The summed E-state index contributed by atoms with van der Waals surface area (Å²) in [4.78, 5) is 13.9. The molecule has 1 aromatic heterocycles. The lowest BCUT2D eigenvalue weighted by atomic mass is 10.2. The molecule has 0 bridgehead atoms. The molecule has 0 atom stereocenters. The Balaban J connectivity index is 1.80. The lowest BCUT2D eigenvalue weighted by molar-refractivity contribution is 0.0278. The van der Waals surface area contributed by atoms with Gasteiger partial charge in [0.1, 0.15) is 5.75 Å². The molecule has 1 fully saturated rings. The zero-order valence-electron chi connectivity index (χ0n) is 11.6. The zero-order chi connectivity index (χ0) is 14.7. The van der Waals surface area contributed by atoms with Gasteiger partial charge in [0.2, 0.25) is 5.89 Å². The van der Waals surface area contributed by atoms with E-state index in [1.165, 1.54) is 0 Å². The Bertz CT molecular complexity index is 635. The summed E-state index contributed by atoms with van der Waals surface area (Å²) in [6.07, 6.45) is 0. The van der Waals surface area contributed by atoms with Crippen molar-refractivity contribution in [3.8, 4) is 17.2 Å². The van der Waals surface area contributed by atoms with Crippen LogP contribution in [0.15, 0.2) is 28.7 Å². The first-order valence-electron chi connectivity index (χ1n) is 6.63. The van der Waals surface area contributed by atoms with E-state index in [2.05, 4.69) is 10.2 Å². The van der Waals surface area contributed by atoms with Gasteiger partial charge in [-0.2, -0.15) is 0 Å². The Morgan fingerprint density at radius 2 is 2.10 bits per heavy atom. The van der Waals surface area contributed by atoms with Crippen LogP contribution in [0.5, 0.6) is 5.75 Å². The predicted octanol–water partition coefficient (Wildman–Crippen LogP) is 1.22. The number of nitrogens with zero attached hydrogens (tertiary/aromatic N) is 3. The molecule has 1 aliphatic heterocycles. The van der Waals surface area contributed by atoms with Crippen LogP contribution in [0, 0.1) is 0 Å². The zero-order valence-corrected chi connectivity index (χ0v) is 11.6. The van der Waals surface area contributed by atoms with Crippen molar-refractivity contribution < 1.29 is 18.7 Å². The Kier molecular flexibility index (Phi) is 3.83. The summed E-state index contributed by atoms with van der Waals surface area (Å²) in [5.74, 6) is 0.715. The van der Waals surface area contributed by atoms with Crippen molar-refractivity contribution in [2.75, 3.05) is 33.4 Å². The summed E-state index contributed by atoms with van der Waals surface area (Å²) < 4.78 is 15.8. The van der Waals surface area contributed by atoms with Crippen molar-refractivity contribution in [1.82, 2.24) is 15.1 Å². The summed E-state index contributed by atoms with van der Waals surface area (Å²) in [6.45, 7) is 2.14. The van der Waals surface area contributed by atoms with Crippen LogP contribution in [0.25, 0.3) is 11.5 Å². The van der Waals surface area contributed by atoms with E-state index >= 15 is 0 Å². The maximum Gasteiger partial charge on any atom is 0.311 e. The van der Waals surface area contributed by atoms with Crippen molar-refractivity contribution in [2.24, 2.45) is 0 Å². The van der Waals surface area contributed by atoms with Gasteiger partial charge in [0.15, 0.2) is 0 Å². The van der Waals surface area contributed by atoms with Gasteiger partial charge in [-0.15, -0.1) is 10.2 Å². The molecule has 1 aliphatic rings. The van der Waals surface area contributed by atoms with Gasteiger partial charge >= 0.3 is 11.8 Å². The molecule has 0 spiro atoms. The molecule has 1 aromatic carbocycles. The van der Waals surface area contributed by atoms with Gasteiger partial charge in [-0.25, -0.2) is 0 Å². The highest BCUT2D eigenvalue weighted by atomic mass is 16.5. The van der Waals surface area contributed by atoms with E-state index in [0.717, 1.165) is 0 Å². The molecule has 0 radical (unpaired) electrons. The number of carbonyl (C=O) groups excluding carboxylic acids is 1. The number of hydrogen-bond acceptors (Lipinski definition) is 6. The number of rotatable bonds is 3. The minimum absolute atomic E-state index is 0.00489. The molecule has 0 N–H and O–H groups in total. The lowest BCUT2D eigenvalue weighted by Gasteiger charge is -2.25. The van der Waals surface area contributed by atoms with Gasteiger partial charge in [0.25, 0.3) is 0 Å². The fraction of sp³-hybridized carbons (Fsp3) is 0.357. The van der Waals surface area contributed by atoms with Crippen molar-refractivity contribution >= 4 is 5.91 Å². The second kappa shape index (κ2) is 5.92. The number of methoxy groups -OCH3 is 1. The third-order valence-electron chi connectivity index (χ3n) is 3.22. The van der Waals surface area contributed by atoms with Gasteiger partial charge in [0.05, 0.1) is 20.3 Å². The molecule has 2 aromatic rings. The van der Waals surface area contributed by atoms with Crippen molar-refractivity contribution in [3.05, 3.63) is 30.2 Å². The van der Waals surface area contributed by atoms with Crippen LogP contribution in [0.3, 0.4) is 0 Å². The maximum atomic E-state index is 12.2. The summed E-state index contributed by atoms with van der Waals surface area (Å²) in [6, 6.07) is 7.23. The molecule has 1 saturated heterocycles. The van der Waals surface area contributed by atoms with Gasteiger partial charge < -0.3 is 18.8 Å². The molecule has 3 rings (SSSR count). The third kappa shape index (κ3) is 2.87. The Labute approximate surface area is 121 Å². The van der Waals surface area contributed by atoms with E-state index in [9.17, 15) is 4.79 Å². The smallest absolute Gasteiger partial charge is 0.311 e. The average molecular weight is 289 g/mol.